The van der Waals surface area contributed by atoms with E-state index in [-0.39, 0.29) is 28.6 Å². The largest absolute Gasteiger partial charge is 0.506 e. The number of fused-ring (bicyclic) bond motifs is 6. The van der Waals surface area contributed by atoms with Crippen LogP contribution in [0.3, 0.4) is 0 Å². The molecule has 0 unspecified atom stereocenters. The quantitative estimate of drug-likeness (QED) is 0.409. The molecule has 1 aromatic heterocycles. The molecule has 3 aromatic carbocycles. The fourth-order valence-electron chi connectivity index (χ4n) is 3.47. The predicted octanol–water partition coefficient (Wildman–Crippen LogP) is 4.83. The van der Waals surface area contributed by atoms with Crippen molar-refractivity contribution in [1.29, 1.82) is 0 Å². The summed E-state index contributed by atoms with van der Waals surface area (Å²) in [6.07, 6.45) is 0. The van der Waals surface area contributed by atoms with Crippen LogP contribution in [-0.2, 0) is 0 Å². The second-order valence-corrected chi connectivity index (χ2v) is 6.72. The van der Waals surface area contributed by atoms with E-state index in [2.05, 4.69) is 15.9 Å². The Balaban J connectivity index is 2.00. The van der Waals surface area contributed by atoms with Gasteiger partial charge >= 0.3 is 0 Å². The van der Waals surface area contributed by atoms with Crippen LogP contribution in [0.15, 0.2) is 57.4 Å². The van der Waals surface area contributed by atoms with E-state index < -0.39 is 0 Å². The van der Waals surface area contributed by atoms with Gasteiger partial charge in [0, 0.05) is 21.9 Å². The van der Waals surface area contributed by atoms with E-state index in [0.29, 0.717) is 37.3 Å². The third-order valence-electron chi connectivity index (χ3n) is 4.61. The summed E-state index contributed by atoms with van der Waals surface area (Å²) in [5, 5.41) is 12.2. The van der Waals surface area contributed by atoms with Crippen LogP contribution < -0.4 is 0 Å². The van der Waals surface area contributed by atoms with E-state index in [1.54, 1.807) is 42.5 Å². The van der Waals surface area contributed by atoms with Gasteiger partial charge in [0.15, 0.2) is 11.5 Å². The molecule has 25 heavy (non-hydrogen) atoms. The summed E-state index contributed by atoms with van der Waals surface area (Å²) in [6.45, 7) is 0. The van der Waals surface area contributed by atoms with Crippen molar-refractivity contribution in [3.8, 4) is 5.75 Å². The smallest absolute Gasteiger partial charge is 0.229 e. The molecule has 0 spiro atoms. The summed E-state index contributed by atoms with van der Waals surface area (Å²) in [6, 6.07) is 13.9. The zero-order valence-corrected chi connectivity index (χ0v) is 14.3. The summed E-state index contributed by atoms with van der Waals surface area (Å²) in [4.78, 5) is 25.8. The fraction of sp³-hybridized carbons (Fsp3) is 0. The molecule has 0 radical (unpaired) electrons. The van der Waals surface area contributed by atoms with Gasteiger partial charge in [-0.3, -0.25) is 9.59 Å². The monoisotopic (exact) mass is 392 g/mol. The summed E-state index contributed by atoms with van der Waals surface area (Å²) in [5.41, 5.74) is 1.30. The van der Waals surface area contributed by atoms with Crippen molar-refractivity contribution in [2.75, 3.05) is 0 Å². The highest BCUT2D eigenvalue weighted by atomic mass is 79.9. The van der Waals surface area contributed by atoms with E-state index in [9.17, 15) is 14.7 Å². The number of phenolic OH excluding ortho intramolecular Hbond substituents is 1. The summed E-state index contributed by atoms with van der Waals surface area (Å²) in [5.74, 6) is -0.558. The Hall–Kier alpha value is -2.92. The molecule has 4 nitrogen and oxygen atoms in total. The lowest BCUT2D eigenvalue weighted by Crippen LogP contribution is -2.19. The Bertz CT molecular complexity index is 1250. The van der Waals surface area contributed by atoms with Crippen LogP contribution in [-0.4, -0.2) is 16.7 Å². The second kappa shape index (κ2) is 4.80. The number of phenols is 1. The van der Waals surface area contributed by atoms with Crippen LogP contribution in [0.25, 0.3) is 21.7 Å². The molecule has 1 heterocycles. The molecule has 0 saturated heterocycles. The molecule has 4 aromatic rings. The fourth-order valence-corrected chi connectivity index (χ4v) is 4.06. The molecule has 1 aliphatic carbocycles. The van der Waals surface area contributed by atoms with Gasteiger partial charge in [-0.1, -0.05) is 48.5 Å². The first-order chi connectivity index (χ1) is 12.1. The number of benzene rings is 3. The maximum absolute atomic E-state index is 13.0. The molecule has 0 bridgehead atoms. The van der Waals surface area contributed by atoms with Crippen LogP contribution in [0.4, 0.5) is 0 Å². The molecule has 120 valence electrons. The zero-order chi connectivity index (χ0) is 17.3. The first-order valence-corrected chi connectivity index (χ1v) is 8.43. The Labute approximate surface area is 149 Å². The van der Waals surface area contributed by atoms with Crippen LogP contribution in [0.1, 0.15) is 32.0 Å². The maximum atomic E-state index is 13.0. The van der Waals surface area contributed by atoms with Crippen molar-refractivity contribution < 1.29 is 19.1 Å². The number of furan rings is 1. The molecule has 0 aliphatic heterocycles. The molecule has 0 atom stereocenters. The Morgan fingerprint density at radius 1 is 0.840 bits per heavy atom. The number of carbonyl (C=O) groups is 2. The lowest BCUT2D eigenvalue weighted by Gasteiger charge is -2.13. The Kier molecular flexibility index (Phi) is 2.77. The van der Waals surface area contributed by atoms with E-state index >= 15 is 0 Å². The highest BCUT2D eigenvalue weighted by Crippen LogP contribution is 2.46. The summed E-state index contributed by atoms with van der Waals surface area (Å²) >= 11 is 3.37. The topological polar surface area (TPSA) is 67.5 Å². The van der Waals surface area contributed by atoms with Crippen molar-refractivity contribution in [2.24, 2.45) is 0 Å². The van der Waals surface area contributed by atoms with Crippen LogP contribution >= 0.6 is 15.9 Å². The second-order valence-electron chi connectivity index (χ2n) is 5.92. The Morgan fingerprint density at radius 2 is 1.44 bits per heavy atom. The summed E-state index contributed by atoms with van der Waals surface area (Å²) in [7, 11) is 0. The molecule has 0 saturated carbocycles. The first-order valence-electron chi connectivity index (χ1n) is 7.63. The first kappa shape index (κ1) is 14.4. The third-order valence-corrected chi connectivity index (χ3v) is 5.38. The van der Waals surface area contributed by atoms with Gasteiger partial charge in [-0.25, -0.2) is 0 Å². The van der Waals surface area contributed by atoms with Gasteiger partial charge in [0.25, 0.3) is 0 Å². The number of ketones is 2. The average Bonchev–Trinajstić information content (AvgIpc) is 3.05. The molecular formula is C20H9BrO4. The number of rotatable bonds is 0. The van der Waals surface area contributed by atoms with Gasteiger partial charge in [0.05, 0.1) is 15.4 Å². The van der Waals surface area contributed by atoms with Gasteiger partial charge in [-0.15, -0.1) is 0 Å². The van der Waals surface area contributed by atoms with Gasteiger partial charge in [-0.2, -0.15) is 0 Å². The minimum atomic E-state index is -0.322. The number of hydrogen-bond donors (Lipinski definition) is 1. The molecule has 1 N–H and O–H groups in total. The number of halogens is 1. The Morgan fingerprint density at radius 3 is 2.16 bits per heavy atom. The van der Waals surface area contributed by atoms with Crippen LogP contribution in [0, 0.1) is 0 Å². The molecule has 0 fully saturated rings. The highest BCUT2D eigenvalue weighted by Gasteiger charge is 2.36. The zero-order valence-electron chi connectivity index (χ0n) is 12.7. The number of carbonyl (C=O) groups excluding carboxylic acids is 2. The lowest BCUT2D eigenvalue weighted by atomic mass is 9.87. The van der Waals surface area contributed by atoms with E-state index in [1.807, 2.05) is 6.07 Å². The predicted molar refractivity (Wildman–Crippen MR) is 96.4 cm³/mol. The van der Waals surface area contributed by atoms with Crippen molar-refractivity contribution in [2.45, 2.75) is 0 Å². The molecular weight excluding hydrogens is 384 g/mol. The number of hydrogen-bond acceptors (Lipinski definition) is 4. The minimum absolute atomic E-state index is 0.0193. The molecule has 1 aliphatic rings. The van der Waals surface area contributed by atoms with Gasteiger partial charge in [0.2, 0.25) is 5.78 Å². The number of aromatic hydroxyl groups is 1. The van der Waals surface area contributed by atoms with Gasteiger partial charge in [-0.05, 0) is 15.9 Å². The van der Waals surface area contributed by atoms with E-state index in [0.717, 1.165) is 0 Å². The molecule has 5 rings (SSSR count). The van der Waals surface area contributed by atoms with Crippen molar-refractivity contribution >= 4 is 49.2 Å². The maximum Gasteiger partial charge on any atom is 0.229 e. The average molecular weight is 393 g/mol. The third kappa shape index (κ3) is 1.71. The highest BCUT2D eigenvalue weighted by molar-refractivity contribution is 9.10. The van der Waals surface area contributed by atoms with Crippen molar-refractivity contribution in [1.82, 2.24) is 0 Å². The van der Waals surface area contributed by atoms with Crippen molar-refractivity contribution in [3.05, 3.63) is 75.5 Å². The normalized spacial score (nSPS) is 13.3. The van der Waals surface area contributed by atoms with Crippen LogP contribution in [0.2, 0.25) is 0 Å². The molecule has 0 amide bonds. The van der Waals surface area contributed by atoms with E-state index in [1.165, 1.54) is 0 Å². The van der Waals surface area contributed by atoms with Gasteiger partial charge in [0.1, 0.15) is 11.3 Å². The van der Waals surface area contributed by atoms with Crippen molar-refractivity contribution in [3.63, 3.8) is 0 Å². The van der Waals surface area contributed by atoms with Crippen LogP contribution in [0.5, 0.6) is 5.75 Å². The standard InChI is InChI=1S/C20H9BrO4/c21-15-13-14-16(22)9-5-1-2-6-10(9)18(24)20(14)25-19(13)12-8-4-3-7-11(12)17(15)23/h1-8,23H. The SMILES string of the molecule is O=C1c2ccccc2C(=O)c2c1oc1c2c(Br)c(O)c2ccccc21. The summed E-state index contributed by atoms with van der Waals surface area (Å²) < 4.78 is 6.22. The van der Waals surface area contributed by atoms with E-state index in [4.69, 9.17) is 4.42 Å². The minimum Gasteiger partial charge on any atom is -0.506 e. The lowest BCUT2D eigenvalue weighted by molar-refractivity contribution is 0.0962. The van der Waals surface area contributed by atoms with Gasteiger partial charge < -0.3 is 9.52 Å². The molecule has 5 heteroatoms.